The smallest absolute Gasteiger partial charge is 0.219 e. The molecule has 0 radical (unpaired) electrons. The van der Waals surface area contributed by atoms with E-state index in [-0.39, 0.29) is 5.91 Å². The molecule has 0 atom stereocenters. The van der Waals surface area contributed by atoms with E-state index in [0.717, 1.165) is 24.4 Å². The van der Waals surface area contributed by atoms with Crippen molar-refractivity contribution in [2.24, 2.45) is 0 Å². The Labute approximate surface area is 109 Å². The maximum absolute atomic E-state index is 11.1. The largest absolute Gasteiger partial charge is 0.495 e. The highest BCUT2D eigenvalue weighted by molar-refractivity contribution is 5.75. The van der Waals surface area contributed by atoms with Crippen LogP contribution in [0, 0.1) is 0 Å². The quantitative estimate of drug-likeness (QED) is 0.780. The fourth-order valence-corrected chi connectivity index (χ4v) is 1.71. The Morgan fingerprint density at radius 2 is 2.11 bits per heavy atom. The van der Waals surface area contributed by atoms with Crippen LogP contribution in [0.4, 0.5) is 5.69 Å². The summed E-state index contributed by atoms with van der Waals surface area (Å²) in [6.07, 6.45) is 1.36. The molecule has 0 aromatic heterocycles. The minimum absolute atomic E-state index is 0.0930. The number of amides is 1. The molecule has 0 bridgehead atoms. The Morgan fingerprint density at radius 3 is 2.72 bits per heavy atom. The lowest BCUT2D eigenvalue weighted by Crippen LogP contribution is -2.24. The van der Waals surface area contributed by atoms with E-state index >= 15 is 0 Å². The van der Waals surface area contributed by atoms with Crippen LogP contribution >= 0.6 is 0 Å². The maximum atomic E-state index is 11.1. The van der Waals surface area contributed by atoms with Gasteiger partial charge in [-0.05, 0) is 31.0 Å². The van der Waals surface area contributed by atoms with Crippen molar-refractivity contribution in [1.29, 1.82) is 0 Å². The minimum Gasteiger partial charge on any atom is -0.495 e. The van der Waals surface area contributed by atoms with Gasteiger partial charge in [-0.15, -0.1) is 0 Å². The van der Waals surface area contributed by atoms with E-state index in [9.17, 15) is 4.79 Å². The molecule has 0 aliphatic rings. The molecule has 18 heavy (non-hydrogen) atoms. The average molecular weight is 250 g/mol. The molecule has 1 aromatic rings. The number of ether oxygens (including phenoxy) is 1. The highest BCUT2D eigenvalue weighted by atomic mass is 16.5. The third-order valence-corrected chi connectivity index (χ3v) is 2.69. The maximum Gasteiger partial charge on any atom is 0.219 e. The lowest BCUT2D eigenvalue weighted by molar-refractivity contribution is -0.120. The van der Waals surface area contributed by atoms with Gasteiger partial charge in [0.05, 0.1) is 12.8 Å². The van der Waals surface area contributed by atoms with Gasteiger partial charge in [0, 0.05) is 19.5 Å². The molecule has 100 valence electrons. The van der Waals surface area contributed by atoms with E-state index in [4.69, 9.17) is 4.74 Å². The van der Waals surface area contributed by atoms with E-state index in [2.05, 4.69) is 16.7 Å². The normalized spacial score (nSPS) is 9.94. The van der Waals surface area contributed by atoms with E-state index < -0.39 is 0 Å². The van der Waals surface area contributed by atoms with Crippen LogP contribution in [0.2, 0.25) is 0 Å². The highest BCUT2D eigenvalue weighted by Gasteiger charge is 2.04. The molecule has 0 saturated carbocycles. The number of hydrogen-bond donors (Lipinski definition) is 2. The molecule has 1 amide bonds. The van der Waals surface area contributed by atoms with Crippen molar-refractivity contribution < 1.29 is 9.53 Å². The van der Waals surface area contributed by atoms with Gasteiger partial charge in [0.25, 0.3) is 0 Å². The molecule has 1 aromatic carbocycles. The first-order valence-corrected chi connectivity index (χ1v) is 6.38. The number of methoxy groups -OCH3 is 1. The second-order valence-electron chi connectivity index (χ2n) is 4.02. The molecule has 0 unspecified atom stereocenters. The lowest BCUT2D eigenvalue weighted by Gasteiger charge is -2.12. The summed E-state index contributed by atoms with van der Waals surface area (Å²) in [7, 11) is 1.66. The number of anilines is 1. The Balaban J connectivity index is 2.61. The molecule has 4 heteroatoms. The number of hydrogen-bond acceptors (Lipinski definition) is 3. The van der Waals surface area contributed by atoms with Gasteiger partial charge in [0.15, 0.2) is 0 Å². The summed E-state index contributed by atoms with van der Waals surface area (Å²) in [5.41, 5.74) is 2.18. The van der Waals surface area contributed by atoms with Gasteiger partial charge in [-0.25, -0.2) is 0 Å². The van der Waals surface area contributed by atoms with E-state index in [1.807, 2.05) is 26.0 Å². The molecule has 0 aliphatic heterocycles. The van der Waals surface area contributed by atoms with Crippen LogP contribution in [0.15, 0.2) is 18.2 Å². The summed E-state index contributed by atoms with van der Waals surface area (Å²) in [6.45, 7) is 5.43. The summed E-state index contributed by atoms with van der Waals surface area (Å²) in [6, 6.07) is 6.05. The Hall–Kier alpha value is -1.71. The predicted octanol–water partition coefficient (Wildman–Crippen LogP) is 2.20. The van der Waals surface area contributed by atoms with Crippen LogP contribution in [-0.4, -0.2) is 26.1 Å². The molecule has 4 nitrogen and oxygen atoms in total. The molecule has 0 aliphatic carbocycles. The highest BCUT2D eigenvalue weighted by Crippen LogP contribution is 2.25. The molecule has 0 saturated heterocycles. The van der Waals surface area contributed by atoms with Crippen LogP contribution in [0.5, 0.6) is 5.75 Å². The van der Waals surface area contributed by atoms with Gasteiger partial charge in [-0.1, -0.05) is 13.0 Å². The molecular weight excluding hydrogens is 228 g/mol. The van der Waals surface area contributed by atoms with E-state index in [1.165, 1.54) is 5.56 Å². The Kier molecular flexibility index (Phi) is 6.05. The summed E-state index contributed by atoms with van der Waals surface area (Å²) >= 11 is 0. The summed E-state index contributed by atoms with van der Waals surface area (Å²) in [5.74, 6) is 0.939. The van der Waals surface area contributed by atoms with Crippen LogP contribution in [0.1, 0.15) is 25.8 Å². The van der Waals surface area contributed by atoms with Gasteiger partial charge in [-0.3, -0.25) is 4.79 Å². The van der Waals surface area contributed by atoms with Crippen molar-refractivity contribution in [2.75, 3.05) is 25.5 Å². The van der Waals surface area contributed by atoms with E-state index in [0.29, 0.717) is 13.0 Å². The van der Waals surface area contributed by atoms with Crippen LogP contribution in [0.25, 0.3) is 0 Å². The van der Waals surface area contributed by atoms with Gasteiger partial charge in [-0.2, -0.15) is 0 Å². The molecule has 0 fully saturated rings. The zero-order valence-corrected chi connectivity index (χ0v) is 11.4. The number of nitrogens with one attached hydrogen (secondary N) is 2. The van der Waals surface area contributed by atoms with Gasteiger partial charge in [0.1, 0.15) is 5.75 Å². The van der Waals surface area contributed by atoms with Gasteiger partial charge < -0.3 is 15.4 Å². The van der Waals surface area contributed by atoms with Crippen LogP contribution in [-0.2, 0) is 11.2 Å². The number of benzene rings is 1. The third kappa shape index (κ3) is 4.28. The zero-order valence-electron chi connectivity index (χ0n) is 11.4. The second kappa shape index (κ2) is 7.58. The van der Waals surface area contributed by atoms with Gasteiger partial charge >= 0.3 is 0 Å². The van der Waals surface area contributed by atoms with Gasteiger partial charge in [0.2, 0.25) is 5.91 Å². The number of rotatable bonds is 7. The predicted molar refractivity (Wildman–Crippen MR) is 74.2 cm³/mol. The summed E-state index contributed by atoms with van der Waals surface area (Å²) < 4.78 is 5.28. The Bertz CT molecular complexity index is 391. The van der Waals surface area contributed by atoms with Crippen molar-refractivity contribution in [3.63, 3.8) is 0 Å². The first kappa shape index (κ1) is 14.4. The average Bonchev–Trinajstić information content (AvgIpc) is 2.39. The minimum atomic E-state index is 0.0930. The summed E-state index contributed by atoms with van der Waals surface area (Å²) in [5, 5.41) is 6.14. The monoisotopic (exact) mass is 250 g/mol. The first-order chi connectivity index (χ1) is 8.71. The first-order valence-electron chi connectivity index (χ1n) is 6.38. The Morgan fingerprint density at radius 1 is 1.33 bits per heavy atom. The zero-order chi connectivity index (χ0) is 13.4. The SMILES string of the molecule is CCNc1cc(CCNC(=O)CC)ccc1OC. The molecule has 1 rings (SSSR count). The van der Waals surface area contributed by atoms with Crippen molar-refractivity contribution in [3.8, 4) is 5.75 Å². The molecule has 0 heterocycles. The lowest BCUT2D eigenvalue weighted by atomic mass is 10.1. The van der Waals surface area contributed by atoms with Crippen molar-refractivity contribution in [3.05, 3.63) is 23.8 Å². The molecule has 0 spiro atoms. The topological polar surface area (TPSA) is 50.4 Å². The van der Waals surface area contributed by atoms with Crippen LogP contribution < -0.4 is 15.4 Å². The standard InChI is InChI=1S/C14H22N2O2/c1-4-14(17)16-9-8-11-6-7-13(18-3)12(10-11)15-5-2/h6-7,10,15H,4-5,8-9H2,1-3H3,(H,16,17). The van der Waals surface area contributed by atoms with Crippen molar-refractivity contribution >= 4 is 11.6 Å². The molecule has 2 N–H and O–H groups in total. The number of carbonyl (C=O) groups excluding carboxylic acids is 1. The fraction of sp³-hybridized carbons (Fsp3) is 0.500. The molecular formula is C14H22N2O2. The third-order valence-electron chi connectivity index (χ3n) is 2.69. The van der Waals surface area contributed by atoms with Crippen molar-refractivity contribution in [2.45, 2.75) is 26.7 Å². The van der Waals surface area contributed by atoms with Crippen molar-refractivity contribution in [1.82, 2.24) is 5.32 Å². The van der Waals surface area contributed by atoms with Crippen LogP contribution in [0.3, 0.4) is 0 Å². The van der Waals surface area contributed by atoms with E-state index in [1.54, 1.807) is 7.11 Å². The number of carbonyl (C=O) groups is 1. The second-order valence-corrected chi connectivity index (χ2v) is 4.02. The summed E-state index contributed by atoms with van der Waals surface area (Å²) in [4.78, 5) is 11.1. The fourth-order valence-electron chi connectivity index (χ4n) is 1.71.